The molecule has 2 nitrogen and oxygen atoms in total. The van der Waals surface area contributed by atoms with E-state index in [2.05, 4.69) is 12.1 Å². The smallest absolute Gasteiger partial charge is 0.222 e. The molecule has 1 unspecified atom stereocenters. The fraction of sp³-hybridized carbons (Fsp3) is 0.462. The standard InChI is InChI=1S/C13H17NO/c1-2-13(15)14-10-6-9-12(14)11-7-4-3-5-8-11/h3-5,7-8,12H,2,6,9-10H2,1H3. The van der Waals surface area contributed by atoms with E-state index in [1.165, 1.54) is 5.56 Å². The van der Waals surface area contributed by atoms with Crippen LogP contribution in [0.25, 0.3) is 0 Å². The summed E-state index contributed by atoms with van der Waals surface area (Å²) in [6, 6.07) is 10.7. The van der Waals surface area contributed by atoms with E-state index in [1.807, 2.05) is 30.0 Å². The number of hydrogen-bond acceptors (Lipinski definition) is 1. The second kappa shape index (κ2) is 4.47. The SMILES string of the molecule is CCC(=O)N1CCCC1c1ccccc1. The van der Waals surface area contributed by atoms with Crippen molar-refractivity contribution >= 4 is 5.91 Å². The summed E-state index contributed by atoms with van der Waals surface area (Å²) in [5.74, 6) is 0.279. The molecule has 1 aliphatic rings. The van der Waals surface area contributed by atoms with Crippen LogP contribution in [0, 0.1) is 0 Å². The number of carbonyl (C=O) groups excluding carboxylic acids is 1. The highest BCUT2D eigenvalue weighted by atomic mass is 16.2. The van der Waals surface area contributed by atoms with Crippen LogP contribution in [0.1, 0.15) is 37.8 Å². The summed E-state index contributed by atoms with van der Waals surface area (Å²) in [6.07, 6.45) is 2.85. The van der Waals surface area contributed by atoms with E-state index < -0.39 is 0 Å². The van der Waals surface area contributed by atoms with Gasteiger partial charge in [0.1, 0.15) is 0 Å². The number of rotatable bonds is 2. The van der Waals surface area contributed by atoms with Crippen molar-refractivity contribution < 1.29 is 4.79 Å². The molecule has 1 saturated heterocycles. The van der Waals surface area contributed by atoms with Crippen LogP contribution in [0.4, 0.5) is 0 Å². The van der Waals surface area contributed by atoms with Crippen LogP contribution in [0.15, 0.2) is 30.3 Å². The molecule has 1 fully saturated rings. The van der Waals surface area contributed by atoms with Crippen LogP contribution in [0.3, 0.4) is 0 Å². The molecular weight excluding hydrogens is 186 g/mol. The molecule has 1 aromatic carbocycles. The number of nitrogens with zero attached hydrogens (tertiary/aromatic N) is 1. The Morgan fingerprint density at radius 1 is 1.40 bits per heavy atom. The normalized spacial score (nSPS) is 20.6. The van der Waals surface area contributed by atoms with Crippen molar-refractivity contribution in [3.05, 3.63) is 35.9 Å². The molecular formula is C13H17NO. The predicted molar refractivity (Wildman–Crippen MR) is 60.4 cm³/mol. The first-order chi connectivity index (χ1) is 7.33. The first-order valence-electron chi connectivity index (χ1n) is 5.67. The molecule has 15 heavy (non-hydrogen) atoms. The highest BCUT2D eigenvalue weighted by Gasteiger charge is 2.28. The maximum atomic E-state index is 11.7. The molecule has 80 valence electrons. The summed E-state index contributed by atoms with van der Waals surface area (Å²) in [7, 11) is 0. The van der Waals surface area contributed by atoms with Crippen molar-refractivity contribution in [1.29, 1.82) is 0 Å². The lowest BCUT2D eigenvalue weighted by Gasteiger charge is -2.24. The Morgan fingerprint density at radius 3 is 2.80 bits per heavy atom. The average Bonchev–Trinajstić information content (AvgIpc) is 2.78. The van der Waals surface area contributed by atoms with E-state index in [4.69, 9.17) is 0 Å². The number of likely N-dealkylation sites (tertiary alicyclic amines) is 1. The summed E-state index contributed by atoms with van der Waals surface area (Å²) in [4.78, 5) is 13.7. The fourth-order valence-electron chi connectivity index (χ4n) is 2.29. The van der Waals surface area contributed by atoms with Gasteiger partial charge in [0, 0.05) is 13.0 Å². The highest BCUT2D eigenvalue weighted by molar-refractivity contribution is 5.76. The molecule has 0 aromatic heterocycles. The third kappa shape index (κ3) is 2.04. The Kier molecular flexibility index (Phi) is 3.05. The minimum atomic E-state index is 0.279. The minimum absolute atomic E-state index is 0.279. The number of hydrogen-bond donors (Lipinski definition) is 0. The molecule has 0 bridgehead atoms. The monoisotopic (exact) mass is 203 g/mol. The Bertz CT molecular complexity index is 334. The highest BCUT2D eigenvalue weighted by Crippen LogP contribution is 2.31. The van der Waals surface area contributed by atoms with Crippen LogP contribution in [-0.2, 0) is 4.79 Å². The summed E-state index contributed by atoms with van der Waals surface area (Å²) in [5, 5.41) is 0. The van der Waals surface area contributed by atoms with Crippen LogP contribution < -0.4 is 0 Å². The first-order valence-corrected chi connectivity index (χ1v) is 5.67. The maximum absolute atomic E-state index is 11.7. The van der Waals surface area contributed by atoms with Gasteiger partial charge < -0.3 is 4.90 Å². The summed E-state index contributed by atoms with van der Waals surface area (Å²) < 4.78 is 0. The van der Waals surface area contributed by atoms with Crippen molar-refractivity contribution in [2.45, 2.75) is 32.2 Å². The third-order valence-corrected chi connectivity index (χ3v) is 3.06. The summed E-state index contributed by atoms with van der Waals surface area (Å²) in [6.45, 7) is 2.86. The Balaban J connectivity index is 2.18. The van der Waals surface area contributed by atoms with Gasteiger partial charge in [-0.25, -0.2) is 0 Å². The molecule has 1 atom stereocenters. The average molecular weight is 203 g/mol. The van der Waals surface area contributed by atoms with Crippen molar-refractivity contribution in [3.63, 3.8) is 0 Å². The number of carbonyl (C=O) groups is 1. The van der Waals surface area contributed by atoms with Gasteiger partial charge in [-0.1, -0.05) is 37.3 Å². The van der Waals surface area contributed by atoms with E-state index in [-0.39, 0.29) is 5.91 Å². The molecule has 1 aliphatic heterocycles. The fourth-order valence-corrected chi connectivity index (χ4v) is 2.29. The van der Waals surface area contributed by atoms with Crippen LogP contribution in [-0.4, -0.2) is 17.4 Å². The second-order valence-electron chi connectivity index (χ2n) is 4.01. The minimum Gasteiger partial charge on any atom is -0.336 e. The largest absolute Gasteiger partial charge is 0.336 e. The molecule has 1 heterocycles. The first kappa shape index (κ1) is 10.2. The number of benzene rings is 1. The lowest BCUT2D eigenvalue weighted by Crippen LogP contribution is -2.29. The lowest BCUT2D eigenvalue weighted by atomic mass is 10.0. The van der Waals surface area contributed by atoms with Crippen LogP contribution in [0.2, 0.25) is 0 Å². The van der Waals surface area contributed by atoms with E-state index in [9.17, 15) is 4.79 Å². The van der Waals surface area contributed by atoms with E-state index in [0.717, 1.165) is 19.4 Å². The van der Waals surface area contributed by atoms with E-state index >= 15 is 0 Å². The van der Waals surface area contributed by atoms with Gasteiger partial charge in [0.2, 0.25) is 5.91 Å². The molecule has 1 amide bonds. The van der Waals surface area contributed by atoms with Crippen LogP contribution in [0.5, 0.6) is 0 Å². The number of amides is 1. The van der Waals surface area contributed by atoms with Gasteiger partial charge in [-0.05, 0) is 18.4 Å². The Morgan fingerprint density at radius 2 is 2.13 bits per heavy atom. The zero-order valence-electron chi connectivity index (χ0n) is 9.15. The van der Waals surface area contributed by atoms with Gasteiger partial charge in [0.15, 0.2) is 0 Å². The lowest BCUT2D eigenvalue weighted by molar-refractivity contribution is -0.131. The van der Waals surface area contributed by atoms with Gasteiger partial charge >= 0.3 is 0 Å². The predicted octanol–water partition coefficient (Wildman–Crippen LogP) is 2.76. The topological polar surface area (TPSA) is 20.3 Å². The molecule has 1 aromatic rings. The van der Waals surface area contributed by atoms with Crippen molar-refractivity contribution in [2.24, 2.45) is 0 Å². The maximum Gasteiger partial charge on any atom is 0.222 e. The van der Waals surface area contributed by atoms with Crippen LogP contribution >= 0.6 is 0 Å². The summed E-state index contributed by atoms with van der Waals surface area (Å²) in [5.41, 5.74) is 1.27. The second-order valence-corrected chi connectivity index (χ2v) is 4.01. The Labute approximate surface area is 90.9 Å². The van der Waals surface area contributed by atoms with Gasteiger partial charge in [-0.3, -0.25) is 4.79 Å². The Hall–Kier alpha value is -1.31. The van der Waals surface area contributed by atoms with E-state index in [0.29, 0.717) is 12.5 Å². The molecule has 0 N–H and O–H groups in total. The molecule has 2 heteroatoms. The third-order valence-electron chi connectivity index (χ3n) is 3.06. The van der Waals surface area contributed by atoms with E-state index in [1.54, 1.807) is 0 Å². The molecule has 0 spiro atoms. The van der Waals surface area contributed by atoms with Gasteiger partial charge in [0.05, 0.1) is 6.04 Å². The molecule has 0 saturated carbocycles. The van der Waals surface area contributed by atoms with Gasteiger partial charge in [0.25, 0.3) is 0 Å². The van der Waals surface area contributed by atoms with Gasteiger partial charge in [-0.2, -0.15) is 0 Å². The molecule has 0 radical (unpaired) electrons. The van der Waals surface area contributed by atoms with Gasteiger partial charge in [-0.15, -0.1) is 0 Å². The van der Waals surface area contributed by atoms with Crippen molar-refractivity contribution in [3.8, 4) is 0 Å². The zero-order chi connectivity index (χ0) is 10.7. The zero-order valence-corrected chi connectivity index (χ0v) is 9.15. The molecule has 0 aliphatic carbocycles. The van der Waals surface area contributed by atoms with Crippen molar-refractivity contribution in [1.82, 2.24) is 4.90 Å². The summed E-state index contributed by atoms with van der Waals surface area (Å²) >= 11 is 0. The molecule has 2 rings (SSSR count). The van der Waals surface area contributed by atoms with Crippen molar-refractivity contribution in [2.75, 3.05) is 6.54 Å². The quantitative estimate of drug-likeness (QED) is 0.723.